The van der Waals surface area contributed by atoms with E-state index >= 15 is 0 Å². The van der Waals surface area contributed by atoms with E-state index in [9.17, 15) is 18.9 Å². The Morgan fingerprint density at radius 1 is 1.00 bits per heavy atom. The van der Waals surface area contributed by atoms with Crippen LogP contribution in [0.4, 0.5) is 0 Å². The van der Waals surface area contributed by atoms with E-state index in [1.807, 2.05) is 0 Å². The molecular weight excluding hydrogens is 348 g/mol. The molecule has 0 aliphatic rings. The zero-order valence-corrected chi connectivity index (χ0v) is 18.0. The van der Waals surface area contributed by atoms with Crippen LogP contribution in [0.3, 0.4) is 0 Å². The fourth-order valence-corrected chi connectivity index (χ4v) is 2.83. The van der Waals surface area contributed by atoms with Gasteiger partial charge in [0.05, 0.1) is 5.45 Å². The van der Waals surface area contributed by atoms with E-state index in [1.165, 1.54) is 0 Å². The Kier molecular flexibility index (Phi) is 16.3. The van der Waals surface area contributed by atoms with Crippen LogP contribution in [0.15, 0.2) is 10.3 Å². The summed E-state index contributed by atoms with van der Waals surface area (Å²) >= 11 is 0. The zero-order valence-electron chi connectivity index (χ0n) is 12.3. The Balaban J connectivity index is -0.00000162. The van der Waals surface area contributed by atoms with Crippen molar-refractivity contribution in [3.63, 3.8) is 0 Å². The molecule has 0 spiro atoms. The summed E-state index contributed by atoms with van der Waals surface area (Å²) in [6.07, 6.45) is -0.633. The second-order valence-corrected chi connectivity index (χ2v) is 7.00. The van der Waals surface area contributed by atoms with E-state index in [4.69, 9.17) is 10.4 Å². The van der Waals surface area contributed by atoms with Gasteiger partial charge < -0.3 is 33.8 Å². The molecule has 112 valence electrons. The van der Waals surface area contributed by atoms with Crippen LogP contribution in [0.1, 0.15) is 19.3 Å². The fourth-order valence-electron chi connectivity index (χ4n) is 1.17. The van der Waals surface area contributed by atoms with Crippen molar-refractivity contribution < 1.29 is 97.5 Å². The molecule has 0 aromatic heterocycles. The molecule has 0 bridgehead atoms. The van der Waals surface area contributed by atoms with Crippen molar-refractivity contribution >= 4 is 26.1 Å². The first-order chi connectivity index (χ1) is 8.75. The molecular formula is C7H14N2Na2O8P2. The summed E-state index contributed by atoms with van der Waals surface area (Å²) in [5.74, 6) is 0. The fraction of sp³-hybridized carbons (Fsp3) is 0.714. The normalized spacial score (nSPS) is 13.3. The average Bonchev–Trinajstić information content (AvgIpc) is 2.36. The van der Waals surface area contributed by atoms with Gasteiger partial charge in [0.25, 0.3) is 0 Å². The van der Waals surface area contributed by atoms with Crippen molar-refractivity contribution in [2.24, 2.45) is 10.3 Å². The minimum absolute atomic E-state index is 0. The molecule has 14 heteroatoms. The summed E-state index contributed by atoms with van der Waals surface area (Å²) in [6.45, 7) is 0. The van der Waals surface area contributed by atoms with Crippen molar-refractivity contribution in [1.82, 2.24) is 0 Å². The summed E-state index contributed by atoms with van der Waals surface area (Å²) in [7, 11) is -6.69. The second kappa shape index (κ2) is 12.6. The Labute approximate surface area is 166 Å². The molecule has 0 aliphatic heterocycles. The number of rotatable bonds is 8. The molecule has 10 nitrogen and oxygen atoms in total. The smallest absolute Gasteiger partial charge is 0.806 e. The van der Waals surface area contributed by atoms with E-state index in [-0.39, 0.29) is 77.4 Å². The van der Waals surface area contributed by atoms with E-state index < -0.39 is 27.1 Å². The van der Waals surface area contributed by atoms with E-state index in [1.54, 1.807) is 0 Å². The van der Waals surface area contributed by atoms with Gasteiger partial charge >= 0.3 is 66.7 Å². The molecule has 0 heterocycles. The summed E-state index contributed by atoms with van der Waals surface area (Å²) in [5, 5.41) is 22.2. The van der Waals surface area contributed by atoms with Gasteiger partial charge in [-0.3, -0.25) is 4.57 Å². The first-order valence-corrected chi connectivity index (χ1v) is 8.00. The molecule has 2 N–H and O–H groups in total. The van der Waals surface area contributed by atoms with Crippen LogP contribution in [0, 0.1) is 0 Å². The van der Waals surface area contributed by atoms with Crippen molar-refractivity contribution in [2.45, 2.75) is 19.3 Å². The molecule has 0 aliphatic carbocycles. The molecule has 0 amide bonds. The summed E-state index contributed by atoms with van der Waals surface area (Å²) in [5.41, 5.74) is -1.27. The molecule has 0 atom stereocenters. The van der Waals surface area contributed by atoms with E-state index in [0.29, 0.717) is 0 Å². The maximum Gasteiger partial charge on any atom is 1.00 e. The Morgan fingerprint density at radius 3 is 1.67 bits per heavy atom. The molecule has 21 heavy (non-hydrogen) atoms. The summed E-state index contributed by atoms with van der Waals surface area (Å²) in [4.78, 5) is 21.2. The van der Waals surface area contributed by atoms with Crippen molar-refractivity contribution in [1.29, 1.82) is 0 Å². The summed E-state index contributed by atoms with van der Waals surface area (Å²) < 4.78 is 31.6. The van der Waals surface area contributed by atoms with Gasteiger partial charge in [-0.2, -0.15) is 0 Å². The third-order valence-corrected chi connectivity index (χ3v) is 5.00. The van der Waals surface area contributed by atoms with Crippen molar-refractivity contribution in [3.8, 4) is 0 Å². The maximum atomic E-state index is 11.8. The number of hydrogen-bond donors (Lipinski definition) is 2. The third-order valence-electron chi connectivity index (χ3n) is 2.14. The minimum atomic E-state index is -5.13. The summed E-state index contributed by atoms with van der Waals surface area (Å²) in [6, 6.07) is 0. The van der Waals surface area contributed by atoms with E-state index in [2.05, 4.69) is 19.4 Å². The quantitative estimate of drug-likeness (QED) is 0.142. The first-order valence-electron chi connectivity index (χ1n) is 4.91. The Morgan fingerprint density at radius 2 is 1.38 bits per heavy atom. The van der Waals surface area contributed by atoms with Crippen molar-refractivity contribution in [2.75, 3.05) is 14.2 Å². The van der Waals surface area contributed by atoms with Crippen LogP contribution in [0.5, 0.6) is 0 Å². The monoisotopic (exact) mass is 362 g/mol. The van der Waals surface area contributed by atoms with Gasteiger partial charge in [0.2, 0.25) is 0 Å². The first kappa shape index (κ1) is 27.1. The molecule has 0 saturated heterocycles. The SMILES string of the molecule is COP(=O)(OC)/C(CCC/C(=N\O)P(=O)([O-])[O-])=N\O.[Na+].[Na+]. The van der Waals surface area contributed by atoms with Crippen LogP contribution in [-0.2, 0) is 18.2 Å². The predicted octanol–water partition coefficient (Wildman–Crippen LogP) is -5.86. The number of nitrogens with zero attached hydrogens (tertiary/aromatic N) is 2. The number of oxime groups is 2. The average molecular weight is 362 g/mol. The molecule has 0 saturated carbocycles. The zero-order chi connectivity index (χ0) is 15.1. The Hall–Kier alpha value is 1.24. The van der Waals surface area contributed by atoms with Crippen LogP contribution < -0.4 is 68.9 Å². The predicted molar refractivity (Wildman–Crippen MR) is 61.5 cm³/mol. The molecule has 0 aromatic carbocycles. The van der Waals surface area contributed by atoms with Gasteiger partial charge in [-0.25, -0.2) is 0 Å². The van der Waals surface area contributed by atoms with Gasteiger partial charge in [0, 0.05) is 20.6 Å². The number of hydrogen-bond acceptors (Lipinski definition) is 10. The van der Waals surface area contributed by atoms with Gasteiger partial charge in [0.1, 0.15) is 0 Å². The molecule has 0 rings (SSSR count). The Bertz CT molecular complexity index is 444. The van der Waals surface area contributed by atoms with Crippen LogP contribution in [0.2, 0.25) is 0 Å². The van der Waals surface area contributed by atoms with E-state index in [0.717, 1.165) is 14.2 Å². The van der Waals surface area contributed by atoms with Gasteiger partial charge in [-0.05, 0) is 20.4 Å². The van der Waals surface area contributed by atoms with Crippen LogP contribution >= 0.6 is 15.2 Å². The van der Waals surface area contributed by atoms with Crippen LogP contribution in [0.25, 0.3) is 0 Å². The second-order valence-electron chi connectivity index (χ2n) is 3.25. The minimum Gasteiger partial charge on any atom is -0.806 e. The topological polar surface area (TPSA) is 164 Å². The largest absolute Gasteiger partial charge is 1.00 e. The third kappa shape index (κ3) is 9.20. The van der Waals surface area contributed by atoms with Gasteiger partial charge in [-0.1, -0.05) is 10.3 Å². The van der Waals surface area contributed by atoms with Gasteiger partial charge in [-0.15, -0.1) is 0 Å². The standard InChI is InChI=1S/C7H16N2O8P2.2Na/c1-16-19(15,17-2)7(9-11)5-3-4-6(8-10)18(12,13)14;;/h10-11H,3-5H2,1-2H3,(H2,12,13,14);;/q;2*+1/p-2/b8-6+,9-7-;;. The molecule has 0 radical (unpaired) electrons. The molecule has 0 fully saturated rings. The molecule has 0 aromatic rings. The van der Waals surface area contributed by atoms with Crippen LogP contribution in [-0.4, -0.2) is 35.5 Å². The molecule has 0 unspecified atom stereocenters. The van der Waals surface area contributed by atoms with Crippen molar-refractivity contribution in [3.05, 3.63) is 0 Å². The van der Waals surface area contributed by atoms with Gasteiger partial charge in [0.15, 0.2) is 5.45 Å². The maximum absolute atomic E-state index is 11.8.